The van der Waals surface area contributed by atoms with Gasteiger partial charge in [0.2, 0.25) is 0 Å². The molecule has 0 aliphatic rings. The Labute approximate surface area is 146 Å². The van der Waals surface area contributed by atoms with E-state index in [1.54, 1.807) is 20.4 Å². The minimum absolute atomic E-state index is 0.0446. The Hall–Kier alpha value is -2.57. The van der Waals surface area contributed by atoms with E-state index in [0.717, 1.165) is 22.4 Å². The number of aromatic nitrogens is 3. The van der Waals surface area contributed by atoms with E-state index >= 15 is 0 Å². The number of rotatable bonds is 7. The van der Waals surface area contributed by atoms with Gasteiger partial charge in [0.25, 0.3) is 5.89 Å². The van der Waals surface area contributed by atoms with Gasteiger partial charge in [-0.25, -0.2) is 0 Å². The SMILES string of the molecule is COCCc1noc(-c2ccc(-c3cccc(C(C)OC)c3)nc2)n1. The smallest absolute Gasteiger partial charge is 0.259 e. The van der Waals surface area contributed by atoms with E-state index in [0.29, 0.717) is 24.7 Å². The summed E-state index contributed by atoms with van der Waals surface area (Å²) < 4.78 is 15.7. The Morgan fingerprint density at radius 2 is 2.00 bits per heavy atom. The van der Waals surface area contributed by atoms with Crippen LogP contribution in [0.25, 0.3) is 22.7 Å². The lowest BCUT2D eigenvalue weighted by Gasteiger charge is -2.11. The minimum Gasteiger partial charge on any atom is -0.384 e. The predicted molar refractivity (Wildman–Crippen MR) is 94.0 cm³/mol. The van der Waals surface area contributed by atoms with Crippen LogP contribution in [-0.2, 0) is 15.9 Å². The predicted octanol–water partition coefficient (Wildman–Crippen LogP) is 3.69. The van der Waals surface area contributed by atoms with Gasteiger partial charge in [-0.3, -0.25) is 4.98 Å². The van der Waals surface area contributed by atoms with Crippen molar-refractivity contribution in [2.45, 2.75) is 19.4 Å². The molecule has 0 saturated heterocycles. The van der Waals surface area contributed by atoms with Crippen LogP contribution in [0.15, 0.2) is 47.1 Å². The first-order chi connectivity index (χ1) is 12.2. The molecule has 0 fully saturated rings. The van der Waals surface area contributed by atoms with Crippen LogP contribution in [0, 0.1) is 0 Å². The number of benzene rings is 1. The minimum atomic E-state index is 0.0446. The van der Waals surface area contributed by atoms with Crippen LogP contribution in [0.5, 0.6) is 0 Å². The van der Waals surface area contributed by atoms with Gasteiger partial charge in [0.15, 0.2) is 5.82 Å². The molecule has 25 heavy (non-hydrogen) atoms. The quantitative estimate of drug-likeness (QED) is 0.654. The van der Waals surface area contributed by atoms with Crippen LogP contribution in [0.1, 0.15) is 24.4 Å². The van der Waals surface area contributed by atoms with E-state index in [9.17, 15) is 0 Å². The molecule has 1 unspecified atom stereocenters. The molecule has 130 valence electrons. The largest absolute Gasteiger partial charge is 0.384 e. The zero-order valence-electron chi connectivity index (χ0n) is 14.6. The van der Waals surface area contributed by atoms with E-state index in [-0.39, 0.29) is 6.10 Å². The van der Waals surface area contributed by atoms with Gasteiger partial charge in [-0.05, 0) is 30.7 Å². The third-order valence-corrected chi connectivity index (χ3v) is 4.01. The molecule has 0 amide bonds. The highest BCUT2D eigenvalue weighted by atomic mass is 16.5. The van der Waals surface area contributed by atoms with Crippen LogP contribution >= 0.6 is 0 Å². The molecule has 0 aliphatic heterocycles. The van der Waals surface area contributed by atoms with Crippen molar-refractivity contribution in [2.75, 3.05) is 20.8 Å². The van der Waals surface area contributed by atoms with E-state index in [2.05, 4.69) is 21.2 Å². The first-order valence-corrected chi connectivity index (χ1v) is 8.12. The lowest BCUT2D eigenvalue weighted by molar-refractivity contribution is 0.119. The molecule has 1 atom stereocenters. The number of nitrogens with zero attached hydrogens (tertiary/aromatic N) is 3. The third kappa shape index (κ3) is 4.10. The Balaban J connectivity index is 1.79. The number of methoxy groups -OCH3 is 2. The third-order valence-electron chi connectivity index (χ3n) is 4.01. The molecule has 0 aliphatic carbocycles. The zero-order chi connectivity index (χ0) is 17.6. The summed E-state index contributed by atoms with van der Waals surface area (Å²) >= 11 is 0. The second kappa shape index (κ2) is 8.00. The van der Waals surface area contributed by atoms with Crippen molar-refractivity contribution >= 4 is 0 Å². The standard InChI is InChI=1S/C19H21N3O3/c1-13(24-3)14-5-4-6-15(11-14)17-8-7-16(12-20-17)19-21-18(22-25-19)9-10-23-2/h4-8,11-13H,9-10H2,1-3H3. The monoisotopic (exact) mass is 339 g/mol. The van der Waals surface area contributed by atoms with Gasteiger partial charge in [-0.1, -0.05) is 23.4 Å². The van der Waals surface area contributed by atoms with Crippen LogP contribution in [-0.4, -0.2) is 36.0 Å². The molecule has 2 aromatic heterocycles. The fourth-order valence-electron chi connectivity index (χ4n) is 2.44. The molecule has 0 saturated carbocycles. The molecule has 0 N–H and O–H groups in total. The van der Waals surface area contributed by atoms with Crippen LogP contribution in [0.2, 0.25) is 0 Å². The summed E-state index contributed by atoms with van der Waals surface area (Å²) in [5, 5.41) is 3.94. The van der Waals surface area contributed by atoms with Crippen molar-refractivity contribution in [3.8, 4) is 22.7 Å². The Morgan fingerprint density at radius 3 is 2.72 bits per heavy atom. The van der Waals surface area contributed by atoms with Crippen molar-refractivity contribution < 1.29 is 14.0 Å². The molecule has 0 spiro atoms. The Kier molecular flexibility index (Phi) is 5.53. The summed E-state index contributed by atoms with van der Waals surface area (Å²) in [6.45, 7) is 2.58. The highest BCUT2D eigenvalue weighted by Gasteiger charge is 2.10. The van der Waals surface area contributed by atoms with Crippen molar-refractivity contribution in [1.29, 1.82) is 0 Å². The summed E-state index contributed by atoms with van der Waals surface area (Å²) in [6.07, 6.45) is 2.41. The van der Waals surface area contributed by atoms with Crippen LogP contribution in [0.3, 0.4) is 0 Å². The lowest BCUT2D eigenvalue weighted by atomic mass is 10.0. The van der Waals surface area contributed by atoms with Crippen LogP contribution < -0.4 is 0 Å². The molecule has 1 aromatic carbocycles. The van der Waals surface area contributed by atoms with E-state index < -0.39 is 0 Å². The Morgan fingerprint density at radius 1 is 1.12 bits per heavy atom. The first-order valence-electron chi connectivity index (χ1n) is 8.12. The highest BCUT2D eigenvalue weighted by Crippen LogP contribution is 2.25. The summed E-state index contributed by atoms with van der Waals surface area (Å²) in [4.78, 5) is 8.88. The molecule has 3 aromatic rings. The average molecular weight is 339 g/mol. The summed E-state index contributed by atoms with van der Waals surface area (Å²) in [5.74, 6) is 1.09. The van der Waals surface area contributed by atoms with Crippen molar-refractivity contribution in [3.05, 3.63) is 54.0 Å². The number of hydrogen-bond donors (Lipinski definition) is 0. The summed E-state index contributed by atoms with van der Waals surface area (Å²) in [6, 6.07) is 12.1. The second-order valence-electron chi connectivity index (χ2n) is 5.69. The van der Waals surface area contributed by atoms with Crippen molar-refractivity contribution in [1.82, 2.24) is 15.1 Å². The molecule has 0 bridgehead atoms. The number of ether oxygens (including phenoxy) is 2. The molecule has 0 radical (unpaired) electrons. The van der Waals surface area contributed by atoms with E-state index in [1.165, 1.54) is 0 Å². The van der Waals surface area contributed by atoms with E-state index in [4.69, 9.17) is 14.0 Å². The highest BCUT2D eigenvalue weighted by molar-refractivity contribution is 5.63. The van der Waals surface area contributed by atoms with Crippen molar-refractivity contribution in [2.24, 2.45) is 0 Å². The van der Waals surface area contributed by atoms with Gasteiger partial charge in [-0.2, -0.15) is 4.98 Å². The molecule has 6 nitrogen and oxygen atoms in total. The molecular weight excluding hydrogens is 318 g/mol. The fourth-order valence-corrected chi connectivity index (χ4v) is 2.44. The average Bonchev–Trinajstić information content (AvgIpc) is 3.15. The first kappa shape index (κ1) is 17.3. The van der Waals surface area contributed by atoms with Gasteiger partial charge >= 0.3 is 0 Å². The molecule has 2 heterocycles. The Bertz CT molecular complexity index is 815. The molecule has 6 heteroatoms. The molecule has 3 rings (SSSR count). The maximum Gasteiger partial charge on any atom is 0.259 e. The van der Waals surface area contributed by atoms with Crippen molar-refractivity contribution in [3.63, 3.8) is 0 Å². The topological polar surface area (TPSA) is 70.3 Å². The number of pyridine rings is 1. The van der Waals surface area contributed by atoms with Gasteiger partial charge in [0, 0.05) is 32.4 Å². The normalized spacial score (nSPS) is 12.3. The molecular formula is C19H21N3O3. The maximum atomic E-state index is 5.38. The second-order valence-corrected chi connectivity index (χ2v) is 5.69. The summed E-state index contributed by atoms with van der Waals surface area (Å²) in [5.41, 5.74) is 3.83. The van der Waals surface area contributed by atoms with Gasteiger partial charge < -0.3 is 14.0 Å². The van der Waals surface area contributed by atoms with Crippen LogP contribution in [0.4, 0.5) is 0 Å². The number of hydrogen-bond acceptors (Lipinski definition) is 6. The van der Waals surface area contributed by atoms with Gasteiger partial charge in [0.1, 0.15) is 0 Å². The maximum absolute atomic E-state index is 5.38. The fraction of sp³-hybridized carbons (Fsp3) is 0.316. The lowest BCUT2D eigenvalue weighted by Crippen LogP contribution is -1.96. The summed E-state index contributed by atoms with van der Waals surface area (Å²) in [7, 11) is 3.35. The van der Waals surface area contributed by atoms with Gasteiger partial charge in [0.05, 0.1) is 24.0 Å². The van der Waals surface area contributed by atoms with Gasteiger partial charge in [-0.15, -0.1) is 0 Å². The zero-order valence-corrected chi connectivity index (χ0v) is 14.6. The van der Waals surface area contributed by atoms with E-state index in [1.807, 2.05) is 37.3 Å².